The Kier molecular flexibility index (Phi) is 5.98. The molecule has 3 aromatic carbocycles. The van der Waals surface area contributed by atoms with Crippen molar-refractivity contribution >= 4 is 51.6 Å². The van der Waals surface area contributed by atoms with Crippen LogP contribution in [-0.4, -0.2) is 21.1 Å². The molecule has 0 radical (unpaired) electrons. The highest BCUT2D eigenvalue weighted by Crippen LogP contribution is 2.33. The molecule has 0 atom stereocenters. The molecule has 174 valence electrons. The van der Waals surface area contributed by atoms with Gasteiger partial charge < -0.3 is 19.3 Å². The minimum Gasteiger partial charge on any atom is -0.507 e. The SMILES string of the molecule is Cc1ccc2nc(-c3ccc(NC(=S)NC(=O)c4ccc(-c5ccc(Cl)cc5)o4)cc3O)oc2c1. The van der Waals surface area contributed by atoms with E-state index in [4.69, 9.17) is 32.7 Å². The molecule has 9 heteroatoms. The van der Waals surface area contributed by atoms with Gasteiger partial charge in [0.05, 0.1) is 5.56 Å². The van der Waals surface area contributed by atoms with Gasteiger partial charge in [-0.3, -0.25) is 10.1 Å². The van der Waals surface area contributed by atoms with Crippen LogP contribution in [0.15, 0.2) is 81.6 Å². The van der Waals surface area contributed by atoms with Crippen LogP contribution in [0.3, 0.4) is 0 Å². The van der Waals surface area contributed by atoms with Gasteiger partial charge in [-0.1, -0.05) is 17.7 Å². The molecule has 0 saturated carbocycles. The highest BCUT2D eigenvalue weighted by atomic mass is 35.5. The zero-order valence-electron chi connectivity index (χ0n) is 18.3. The number of hydrogen-bond donors (Lipinski definition) is 3. The Bertz CT molecular complexity index is 1570. The molecule has 0 bridgehead atoms. The van der Waals surface area contributed by atoms with Crippen molar-refractivity contribution in [3.8, 4) is 28.5 Å². The molecular formula is C26H18ClN3O4S. The molecule has 0 unspecified atom stereocenters. The maximum atomic E-state index is 12.5. The number of aromatic hydroxyl groups is 1. The molecule has 5 rings (SSSR count). The Morgan fingerprint density at radius 2 is 1.80 bits per heavy atom. The van der Waals surface area contributed by atoms with Gasteiger partial charge in [-0.05, 0) is 85.4 Å². The Morgan fingerprint density at radius 1 is 1.00 bits per heavy atom. The zero-order chi connectivity index (χ0) is 24.5. The highest BCUT2D eigenvalue weighted by molar-refractivity contribution is 7.80. The fraction of sp³-hybridized carbons (Fsp3) is 0.0385. The number of halogens is 1. The summed E-state index contributed by atoms with van der Waals surface area (Å²) < 4.78 is 11.4. The number of aryl methyl sites for hydroxylation is 1. The first-order chi connectivity index (χ1) is 16.9. The molecule has 1 amide bonds. The molecule has 0 saturated heterocycles. The van der Waals surface area contributed by atoms with Crippen molar-refractivity contribution in [2.75, 3.05) is 5.32 Å². The number of thiocarbonyl (C=S) groups is 1. The summed E-state index contributed by atoms with van der Waals surface area (Å²) in [6.45, 7) is 1.96. The average molecular weight is 504 g/mol. The number of phenols is 1. The maximum Gasteiger partial charge on any atom is 0.293 e. The molecule has 3 N–H and O–H groups in total. The van der Waals surface area contributed by atoms with E-state index < -0.39 is 5.91 Å². The Labute approximate surface area is 210 Å². The number of carbonyl (C=O) groups is 1. The van der Waals surface area contributed by atoms with Gasteiger partial charge in [0.15, 0.2) is 16.5 Å². The fourth-order valence-electron chi connectivity index (χ4n) is 3.49. The van der Waals surface area contributed by atoms with Crippen molar-refractivity contribution in [2.24, 2.45) is 0 Å². The van der Waals surface area contributed by atoms with E-state index in [1.807, 2.05) is 25.1 Å². The molecule has 0 spiro atoms. The zero-order valence-corrected chi connectivity index (χ0v) is 19.9. The van der Waals surface area contributed by atoms with Gasteiger partial charge in [0, 0.05) is 22.3 Å². The van der Waals surface area contributed by atoms with Crippen LogP contribution in [0, 0.1) is 6.92 Å². The minimum atomic E-state index is -0.509. The number of nitrogens with one attached hydrogen (secondary N) is 2. The van der Waals surface area contributed by atoms with Crippen LogP contribution in [0.1, 0.15) is 16.1 Å². The van der Waals surface area contributed by atoms with Crippen LogP contribution in [0.5, 0.6) is 5.75 Å². The summed E-state index contributed by atoms with van der Waals surface area (Å²) in [5.74, 6) is 0.375. The van der Waals surface area contributed by atoms with Gasteiger partial charge in [0.1, 0.15) is 17.0 Å². The topological polar surface area (TPSA) is 101 Å². The van der Waals surface area contributed by atoms with E-state index >= 15 is 0 Å². The summed E-state index contributed by atoms with van der Waals surface area (Å²) >= 11 is 11.2. The normalized spacial score (nSPS) is 10.9. The third kappa shape index (κ3) is 4.89. The Morgan fingerprint density at radius 3 is 2.57 bits per heavy atom. The predicted molar refractivity (Wildman–Crippen MR) is 139 cm³/mol. The van der Waals surface area contributed by atoms with Gasteiger partial charge >= 0.3 is 0 Å². The van der Waals surface area contributed by atoms with E-state index in [0.717, 1.165) is 11.1 Å². The number of benzene rings is 3. The number of aromatic nitrogens is 1. The van der Waals surface area contributed by atoms with Gasteiger partial charge in [0.2, 0.25) is 5.89 Å². The number of phenolic OH excluding ortho intramolecular Hbond substituents is 1. The summed E-state index contributed by atoms with van der Waals surface area (Å²) in [7, 11) is 0. The summed E-state index contributed by atoms with van der Waals surface area (Å²) in [5, 5.41) is 16.6. The lowest BCUT2D eigenvalue weighted by atomic mass is 10.2. The second-order valence-corrected chi connectivity index (χ2v) is 8.65. The maximum absolute atomic E-state index is 12.5. The number of rotatable bonds is 4. The van der Waals surface area contributed by atoms with Crippen LogP contribution in [0.25, 0.3) is 33.9 Å². The van der Waals surface area contributed by atoms with E-state index in [9.17, 15) is 9.90 Å². The van der Waals surface area contributed by atoms with Crippen LogP contribution in [0.2, 0.25) is 5.02 Å². The van der Waals surface area contributed by atoms with Crippen LogP contribution in [-0.2, 0) is 0 Å². The van der Waals surface area contributed by atoms with Crippen molar-refractivity contribution in [3.63, 3.8) is 0 Å². The van der Waals surface area contributed by atoms with Gasteiger partial charge in [0.25, 0.3) is 5.91 Å². The first kappa shape index (κ1) is 22.6. The van der Waals surface area contributed by atoms with Crippen molar-refractivity contribution in [1.29, 1.82) is 0 Å². The number of fused-ring (bicyclic) bond motifs is 1. The van der Waals surface area contributed by atoms with Crippen LogP contribution in [0.4, 0.5) is 5.69 Å². The average Bonchev–Trinajstić information content (AvgIpc) is 3.47. The third-order valence-electron chi connectivity index (χ3n) is 5.22. The predicted octanol–water partition coefficient (Wildman–Crippen LogP) is 6.55. The number of hydrogen-bond acceptors (Lipinski definition) is 6. The number of oxazole rings is 1. The first-order valence-electron chi connectivity index (χ1n) is 10.5. The lowest BCUT2D eigenvalue weighted by molar-refractivity contribution is 0.0951. The van der Waals surface area contributed by atoms with Gasteiger partial charge in [-0.25, -0.2) is 4.98 Å². The number of furan rings is 1. The number of amides is 1. The fourth-order valence-corrected chi connectivity index (χ4v) is 3.83. The molecule has 0 aliphatic heterocycles. The monoisotopic (exact) mass is 503 g/mol. The Balaban J connectivity index is 1.25. The molecule has 35 heavy (non-hydrogen) atoms. The highest BCUT2D eigenvalue weighted by Gasteiger charge is 2.16. The molecule has 2 aromatic heterocycles. The first-order valence-corrected chi connectivity index (χ1v) is 11.3. The van der Waals surface area contributed by atoms with Crippen molar-refractivity contribution in [3.05, 3.63) is 89.1 Å². The summed E-state index contributed by atoms with van der Waals surface area (Å²) in [4.78, 5) is 17.0. The second kappa shape index (κ2) is 9.25. The Hall–Kier alpha value is -4.14. The van der Waals surface area contributed by atoms with Crippen molar-refractivity contribution < 1.29 is 18.7 Å². The molecule has 2 heterocycles. The second-order valence-electron chi connectivity index (χ2n) is 7.80. The molecule has 0 aliphatic carbocycles. The van der Waals surface area contributed by atoms with Crippen molar-refractivity contribution in [1.82, 2.24) is 10.3 Å². The number of carbonyl (C=O) groups excluding carboxylic acids is 1. The van der Waals surface area contributed by atoms with E-state index in [1.165, 1.54) is 6.07 Å². The van der Waals surface area contributed by atoms with Gasteiger partial charge in [-0.2, -0.15) is 0 Å². The summed E-state index contributed by atoms with van der Waals surface area (Å²) in [5.41, 5.74) is 4.10. The van der Waals surface area contributed by atoms with Crippen LogP contribution >= 0.6 is 23.8 Å². The van der Waals surface area contributed by atoms with E-state index in [0.29, 0.717) is 39.0 Å². The van der Waals surface area contributed by atoms with Crippen molar-refractivity contribution in [2.45, 2.75) is 6.92 Å². The standard InChI is InChI=1S/C26H18ClN3O4S/c1-14-2-9-19-23(12-14)34-25(29-19)18-8-7-17(13-20(18)31)28-26(35)30-24(32)22-11-10-21(33-22)15-3-5-16(27)6-4-15/h2-13,31H,1H3,(H2,28,30,32,35). The molecular weight excluding hydrogens is 486 g/mol. The molecule has 0 aliphatic rings. The third-order valence-corrected chi connectivity index (χ3v) is 5.67. The smallest absolute Gasteiger partial charge is 0.293 e. The molecule has 7 nitrogen and oxygen atoms in total. The quantitative estimate of drug-likeness (QED) is 0.239. The van der Waals surface area contributed by atoms with E-state index in [2.05, 4.69) is 15.6 Å². The lowest BCUT2D eigenvalue weighted by Gasteiger charge is -2.10. The van der Waals surface area contributed by atoms with E-state index in [1.54, 1.807) is 48.5 Å². The summed E-state index contributed by atoms with van der Waals surface area (Å²) in [6, 6.07) is 20.8. The summed E-state index contributed by atoms with van der Waals surface area (Å²) in [6.07, 6.45) is 0. The van der Waals surface area contributed by atoms with Gasteiger partial charge in [-0.15, -0.1) is 0 Å². The number of nitrogens with zero attached hydrogens (tertiary/aromatic N) is 1. The lowest BCUT2D eigenvalue weighted by Crippen LogP contribution is -2.33. The largest absolute Gasteiger partial charge is 0.507 e. The minimum absolute atomic E-state index is 0.0453. The molecule has 5 aromatic rings. The molecule has 0 fully saturated rings. The van der Waals surface area contributed by atoms with Crippen LogP contribution < -0.4 is 10.6 Å². The number of anilines is 1. The van der Waals surface area contributed by atoms with E-state index in [-0.39, 0.29) is 16.6 Å².